The van der Waals surface area contributed by atoms with E-state index in [1.165, 1.54) is 24.1 Å². The summed E-state index contributed by atoms with van der Waals surface area (Å²) in [6.45, 7) is 4.27. The van der Waals surface area contributed by atoms with Crippen LogP contribution >= 0.6 is 0 Å². The first-order valence-electron chi connectivity index (χ1n) is 6.44. The maximum Gasteiger partial charge on any atom is 0.141 e. The molecular formula is C15H20N2O. The van der Waals surface area contributed by atoms with Crippen LogP contribution in [0.25, 0.3) is 11.4 Å². The lowest BCUT2D eigenvalue weighted by Crippen LogP contribution is -1.92. The molecule has 0 atom stereocenters. The number of aromatic amines is 1. The van der Waals surface area contributed by atoms with Gasteiger partial charge in [0.25, 0.3) is 0 Å². The normalized spacial score (nSPS) is 10.6. The Labute approximate surface area is 108 Å². The predicted molar refractivity (Wildman–Crippen MR) is 73.9 cm³/mol. The number of nitrogens with one attached hydrogen (secondary N) is 1. The molecule has 0 unspecified atom stereocenters. The highest BCUT2D eigenvalue weighted by atomic mass is 16.5. The number of benzene rings is 1. The van der Waals surface area contributed by atoms with Gasteiger partial charge in [-0.15, -0.1) is 0 Å². The summed E-state index contributed by atoms with van der Waals surface area (Å²) in [5.41, 5.74) is 3.42. The van der Waals surface area contributed by atoms with Crippen molar-refractivity contribution in [3.63, 3.8) is 0 Å². The summed E-state index contributed by atoms with van der Waals surface area (Å²) in [6, 6.07) is 6.04. The van der Waals surface area contributed by atoms with Crippen molar-refractivity contribution in [2.45, 2.75) is 33.1 Å². The highest BCUT2D eigenvalue weighted by Crippen LogP contribution is 2.30. The standard InChI is InChI=1S/C15H20N2O/c1-4-5-8-12-10-16-15(17-12)14-11(2)7-6-9-13(14)18-3/h6-7,9-10H,4-5,8H2,1-3H3,(H,16,17). The number of imidazole rings is 1. The Morgan fingerprint density at radius 1 is 1.33 bits per heavy atom. The van der Waals surface area contributed by atoms with E-state index in [2.05, 4.69) is 29.9 Å². The maximum absolute atomic E-state index is 5.41. The van der Waals surface area contributed by atoms with Crippen LogP contribution in [0, 0.1) is 6.92 Å². The maximum atomic E-state index is 5.41. The fourth-order valence-electron chi connectivity index (χ4n) is 2.09. The van der Waals surface area contributed by atoms with Gasteiger partial charge in [0.15, 0.2) is 0 Å². The van der Waals surface area contributed by atoms with Crippen LogP contribution in [0.4, 0.5) is 0 Å². The lowest BCUT2D eigenvalue weighted by Gasteiger charge is -2.08. The van der Waals surface area contributed by atoms with Crippen molar-refractivity contribution in [1.82, 2.24) is 9.97 Å². The fourth-order valence-corrected chi connectivity index (χ4v) is 2.09. The van der Waals surface area contributed by atoms with Gasteiger partial charge in [-0.25, -0.2) is 4.98 Å². The fraction of sp³-hybridized carbons (Fsp3) is 0.400. The largest absolute Gasteiger partial charge is 0.496 e. The van der Waals surface area contributed by atoms with Gasteiger partial charge in [-0.1, -0.05) is 25.5 Å². The predicted octanol–water partition coefficient (Wildman–Crippen LogP) is 3.74. The van der Waals surface area contributed by atoms with E-state index >= 15 is 0 Å². The van der Waals surface area contributed by atoms with Gasteiger partial charge in [0.1, 0.15) is 11.6 Å². The Kier molecular flexibility index (Phi) is 4.03. The monoisotopic (exact) mass is 244 g/mol. The minimum atomic E-state index is 0.867. The van der Waals surface area contributed by atoms with E-state index in [0.717, 1.165) is 23.6 Å². The SMILES string of the molecule is CCCCc1cnc(-c2c(C)cccc2OC)[nH]1. The van der Waals surface area contributed by atoms with Crippen LogP contribution in [0.2, 0.25) is 0 Å². The second-order valence-electron chi connectivity index (χ2n) is 4.51. The molecule has 0 fully saturated rings. The van der Waals surface area contributed by atoms with Crippen molar-refractivity contribution in [3.8, 4) is 17.1 Å². The van der Waals surface area contributed by atoms with Gasteiger partial charge < -0.3 is 9.72 Å². The van der Waals surface area contributed by atoms with Crippen LogP contribution < -0.4 is 4.74 Å². The van der Waals surface area contributed by atoms with Crippen molar-refractivity contribution in [2.75, 3.05) is 7.11 Å². The van der Waals surface area contributed by atoms with Crippen LogP contribution in [0.3, 0.4) is 0 Å². The quantitative estimate of drug-likeness (QED) is 0.870. The van der Waals surface area contributed by atoms with Crippen molar-refractivity contribution in [1.29, 1.82) is 0 Å². The summed E-state index contributed by atoms with van der Waals surface area (Å²) in [6.07, 6.45) is 5.36. The molecule has 0 spiro atoms. The van der Waals surface area contributed by atoms with Crippen molar-refractivity contribution in [2.24, 2.45) is 0 Å². The number of rotatable bonds is 5. The van der Waals surface area contributed by atoms with Crippen LogP contribution in [-0.2, 0) is 6.42 Å². The average molecular weight is 244 g/mol. The molecule has 3 nitrogen and oxygen atoms in total. The van der Waals surface area contributed by atoms with Crippen molar-refractivity contribution < 1.29 is 4.74 Å². The molecule has 18 heavy (non-hydrogen) atoms. The summed E-state index contributed by atoms with van der Waals surface area (Å²) in [4.78, 5) is 7.86. The Morgan fingerprint density at radius 2 is 2.17 bits per heavy atom. The molecule has 3 heteroatoms. The molecule has 1 heterocycles. The molecule has 2 rings (SSSR count). The Hall–Kier alpha value is -1.77. The van der Waals surface area contributed by atoms with Gasteiger partial charge in [-0.3, -0.25) is 0 Å². The highest BCUT2D eigenvalue weighted by Gasteiger charge is 2.11. The molecular weight excluding hydrogens is 224 g/mol. The minimum Gasteiger partial charge on any atom is -0.496 e. The van der Waals surface area contributed by atoms with Gasteiger partial charge in [0, 0.05) is 11.9 Å². The van der Waals surface area contributed by atoms with Crippen LogP contribution in [-0.4, -0.2) is 17.1 Å². The first-order chi connectivity index (χ1) is 8.76. The summed E-state index contributed by atoms with van der Waals surface area (Å²) < 4.78 is 5.41. The topological polar surface area (TPSA) is 37.9 Å². The van der Waals surface area contributed by atoms with Gasteiger partial charge in [-0.2, -0.15) is 0 Å². The third-order valence-corrected chi connectivity index (χ3v) is 3.12. The second kappa shape index (κ2) is 5.71. The van der Waals surface area contributed by atoms with Gasteiger partial charge in [0.2, 0.25) is 0 Å². The average Bonchev–Trinajstić information content (AvgIpc) is 2.84. The molecule has 2 aromatic rings. The van der Waals surface area contributed by atoms with E-state index < -0.39 is 0 Å². The molecule has 0 bridgehead atoms. The molecule has 0 radical (unpaired) electrons. The van der Waals surface area contributed by atoms with Gasteiger partial charge in [-0.05, 0) is 31.4 Å². The molecule has 0 aliphatic heterocycles. The number of methoxy groups -OCH3 is 1. The number of aromatic nitrogens is 2. The third kappa shape index (κ3) is 2.55. The lowest BCUT2D eigenvalue weighted by atomic mass is 10.1. The molecule has 0 saturated heterocycles. The number of aryl methyl sites for hydroxylation is 2. The molecule has 1 aromatic heterocycles. The lowest BCUT2D eigenvalue weighted by molar-refractivity contribution is 0.416. The van der Waals surface area contributed by atoms with E-state index in [1.807, 2.05) is 18.3 Å². The number of hydrogen-bond acceptors (Lipinski definition) is 2. The Morgan fingerprint density at radius 3 is 2.89 bits per heavy atom. The zero-order valence-electron chi connectivity index (χ0n) is 11.3. The molecule has 1 aromatic carbocycles. The summed E-state index contributed by atoms with van der Waals surface area (Å²) in [7, 11) is 1.69. The van der Waals surface area contributed by atoms with Gasteiger partial charge in [0.05, 0.1) is 12.7 Å². The second-order valence-corrected chi connectivity index (χ2v) is 4.51. The molecule has 0 aliphatic rings. The molecule has 0 aliphatic carbocycles. The number of unbranched alkanes of at least 4 members (excludes halogenated alkanes) is 1. The number of nitrogens with zero attached hydrogens (tertiary/aromatic N) is 1. The molecule has 96 valence electrons. The van der Waals surface area contributed by atoms with E-state index in [4.69, 9.17) is 4.74 Å². The van der Waals surface area contributed by atoms with E-state index in [1.54, 1.807) is 7.11 Å². The molecule has 0 saturated carbocycles. The third-order valence-electron chi connectivity index (χ3n) is 3.12. The van der Waals surface area contributed by atoms with Gasteiger partial charge >= 0.3 is 0 Å². The van der Waals surface area contributed by atoms with E-state index in [0.29, 0.717) is 0 Å². The molecule has 1 N–H and O–H groups in total. The first-order valence-corrected chi connectivity index (χ1v) is 6.44. The van der Waals surface area contributed by atoms with Crippen LogP contribution in [0.1, 0.15) is 31.0 Å². The van der Waals surface area contributed by atoms with Crippen molar-refractivity contribution >= 4 is 0 Å². The zero-order valence-corrected chi connectivity index (χ0v) is 11.3. The number of ether oxygens (including phenoxy) is 1. The van der Waals surface area contributed by atoms with E-state index in [9.17, 15) is 0 Å². The summed E-state index contributed by atoms with van der Waals surface area (Å²) in [5, 5.41) is 0. The summed E-state index contributed by atoms with van der Waals surface area (Å²) in [5.74, 6) is 1.77. The summed E-state index contributed by atoms with van der Waals surface area (Å²) >= 11 is 0. The van der Waals surface area contributed by atoms with E-state index in [-0.39, 0.29) is 0 Å². The smallest absolute Gasteiger partial charge is 0.141 e. The zero-order chi connectivity index (χ0) is 13.0. The Bertz CT molecular complexity index is 517. The Balaban J connectivity index is 2.33. The van der Waals surface area contributed by atoms with Crippen LogP contribution in [0.5, 0.6) is 5.75 Å². The first kappa shape index (κ1) is 12.7. The number of hydrogen-bond donors (Lipinski definition) is 1. The van der Waals surface area contributed by atoms with Crippen molar-refractivity contribution in [3.05, 3.63) is 35.7 Å². The highest BCUT2D eigenvalue weighted by molar-refractivity contribution is 5.68. The molecule has 0 amide bonds. The minimum absolute atomic E-state index is 0.867. The van der Waals surface area contributed by atoms with Crippen LogP contribution in [0.15, 0.2) is 24.4 Å². The number of H-pyrrole nitrogens is 1.